The molecule has 6 nitrogen and oxygen atoms in total. The molecule has 3 N–H and O–H groups in total. The molecule has 0 bridgehead atoms. The van der Waals surface area contributed by atoms with E-state index in [0.29, 0.717) is 27.8 Å². The Kier molecular flexibility index (Phi) is 7.34. The van der Waals surface area contributed by atoms with Gasteiger partial charge in [-0.2, -0.15) is 0 Å². The van der Waals surface area contributed by atoms with Gasteiger partial charge in [0.15, 0.2) is 5.78 Å². The molecule has 0 fully saturated rings. The summed E-state index contributed by atoms with van der Waals surface area (Å²) in [7, 11) is 1.57. The summed E-state index contributed by atoms with van der Waals surface area (Å²) in [5.74, 6) is 1.02. The lowest BCUT2D eigenvalue weighted by molar-refractivity contribution is 0.0971. The van der Waals surface area contributed by atoms with Gasteiger partial charge in [0, 0.05) is 51.6 Å². The number of ether oxygens (including phenoxy) is 2. The third-order valence-electron chi connectivity index (χ3n) is 5.99. The van der Waals surface area contributed by atoms with Crippen LogP contribution in [0, 0.1) is 20.8 Å². The lowest BCUT2D eigenvalue weighted by Gasteiger charge is -2.22. The summed E-state index contributed by atoms with van der Waals surface area (Å²) in [6.07, 6.45) is 1.78. The quantitative estimate of drug-likeness (QED) is 0.244. The number of anilines is 1. The second kappa shape index (κ2) is 10.4. The lowest BCUT2D eigenvalue weighted by Crippen LogP contribution is -2.22. The van der Waals surface area contributed by atoms with Crippen LogP contribution < -0.4 is 14.8 Å². The molecule has 0 saturated carbocycles. The average molecular weight is 493 g/mol. The number of aryl methyl sites for hydroxylation is 3. The molecule has 1 aromatic heterocycles. The molecule has 7 heteroatoms. The smallest absolute Gasteiger partial charge is 0.191 e. The van der Waals surface area contributed by atoms with Crippen LogP contribution >= 0.6 is 11.6 Å². The van der Waals surface area contributed by atoms with E-state index < -0.39 is 6.04 Å². The molecular weight excluding hydrogens is 464 g/mol. The number of aromatic nitrogens is 1. The summed E-state index contributed by atoms with van der Waals surface area (Å²) < 4.78 is 11.0. The van der Waals surface area contributed by atoms with E-state index in [1.54, 1.807) is 37.6 Å². The van der Waals surface area contributed by atoms with Gasteiger partial charge in [-0.15, -0.1) is 0 Å². The van der Waals surface area contributed by atoms with Gasteiger partial charge in [-0.05, 0) is 55.7 Å². The highest BCUT2D eigenvalue weighted by molar-refractivity contribution is 6.30. The third-order valence-corrected chi connectivity index (χ3v) is 6.22. The summed E-state index contributed by atoms with van der Waals surface area (Å²) in [5.41, 5.74) is 6.11. The van der Waals surface area contributed by atoms with Gasteiger partial charge >= 0.3 is 0 Å². The average Bonchev–Trinajstić information content (AvgIpc) is 3.25. The van der Waals surface area contributed by atoms with Crippen molar-refractivity contribution >= 4 is 34.0 Å². The fourth-order valence-corrected chi connectivity index (χ4v) is 4.61. The van der Waals surface area contributed by atoms with Gasteiger partial charge in [0.1, 0.15) is 24.1 Å². The highest BCUT2D eigenvalue weighted by atomic mass is 35.5. The number of Topliss-reactive ketones (excluding diaryl/α,β-unsaturated/α-hetero) is 1. The van der Waals surface area contributed by atoms with Crippen molar-refractivity contribution in [3.63, 3.8) is 0 Å². The molecule has 0 spiro atoms. The number of aliphatic hydroxyl groups is 1. The normalized spacial score (nSPS) is 11.9. The van der Waals surface area contributed by atoms with Crippen LogP contribution in [0.1, 0.15) is 38.7 Å². The number of H-pyrrole nitrogens is 1. The van der Waals surface area contributed by atoms with Crippen LogP contribution in [-0.2, 0) is 0 Å². The Morgan fingerprint density at radius 1 is 1.06 bits per heavy atom. The number of aliphatic hydroxyl groups excluding tert-OH is 1. The van der Waals surface area contributed by atoms with Gasteiger partial charge in [0.25, 0.3) is 0 Å². The van der Waals surface area contributed by atoms with Crippen molar-refractivity contribution < 1.29 is 19.4 Å². The topological polar surface area (TPSA) is 83.6 Å². The number of rotatable bonds is 9. The number of benzene rings is 3. The van der Waals surface area contributed by atoms with Gasteiger partial charge in [0.2, 0.25) is 0 Å². The standard InChI is InChI=1S/C28H29ClN2O4/c1-16-9-18(3)26-24(10-16)25(15-30-26)28(33)27(23-6-5-19(29)11-17(23)2)31-20-12-21(34-4)14-22(13-20)35-8-7-32/h5-6,9-15,27,30-32H,7-8H2,1-4H3. The van der Waals surface area contributed by atoms with Crippen molar-refractivity contribution in [1.29, 1.82) is 0 Å². The molecule has 0 aliphatic carbocycles. The van der Waals surface area contributed by atoms with Gasteiger partial charge in [-0.1, -0.05) is 29.3 Å². The van der Waals surface area contributed by atoms with E-state index in [9.17, 15) is 4.79 Å². The Morgan fingerprint density at radius 2 is 1.83 bits per heavy atom. The molecule has 182 valence electrons. The SMILES string of the molecule is COc1cc(NC(C(=O)c2c[nH]c3c(C)cc(C)cc23)c2ccc(Cl)cc2C)cc(OCCO)c1. The summed E-state index contributed by atoms with van der Waals surface area (Å²) in [6.45, 7) is 6.04. The molecule has 0 aliphatic rings. The fraction of sp³-hybridized carbons (Fsp3) is 0.250. The van der Waals surface area contributed by atoms with E-state index in [2.05, 4.69) is 16.4 Å². The van der Waals surface area contributed by atoms with Crippen LogP contribution in [0.3, 0.4) is 0 Å². The Balaban J connectivity index is 1.81. The number of hydrogen-bond acceptors (Lipinski definition) is 5. The van der Waals surface area contributed by atoms with Crippen LogP contribution in [0.2, 0.25) is 5.02 Å². The summed E-state index contributed by atoms with van der Waals surface area (Å²) in [6, 6.07) is 14.3. The number of aromatic amines is 1. The molecule has 0 radical (unpaired) electrons. The minimum Gasteiger partial charge on any atom is -0.497 e. The third kappa shape index (κ3) is 5.29. The predicted octanol–water partition coefficient (Wildman–Crippen LogP) is 6.16. The maximum Gasteiger partial charge on any atom is 0.191 e. The molecule has 35 heavy (non-hydrogen) atoms. The second-order valence-corrected chi connectivity index (χ2v) is 9.05. The summed E-state index contributed by atoms with van der Waals surface area (Å²) in [5, 5.41) is 14.0. The zero-order valence-electron chi connectivity index (χ0n) is 20.2. The van der Waals surface area contributed by atoms with E-state index in [1.807, 2.05) is 39.0 Å². The summed E-state index contributed by atoms with van der Waals surface area (Å²) in [4.78, 5) is 17.4. The first-order valence-electron chi connectivity index (χ1n) is 11.4. The first kappa shape index (κ1) is 24.6. The van der Waals surface area contributed by atoms with E-state index in [-0.39, 0.29) is 19.0 Å². The Labute approximate surface area is 209 Å². The molecule has 1 heterocycles. The highest BCUT2D eigenvalue weighted by Gasteiger charge is 2.27. The van der Waals surface area contributed by atoms with Crippen molar-refractivity contribution in [2.45, 2.75) is 26.8 Å². The predicted molar refractivity (Wildman–Crippen MR) is 140 cm³/mol. The number of carbonyl (C=O) groups excluding carboxylic acids is 1. The van der Waals surface area contributed by atoms with Gasteiger partial charge in [-0.3, -0.25) is 4.79 Å². The minimum absolute atomic E-state index is 0.0766. The number of carbonyl (C=O) groups is 1. The number of ketones is 1. The van der Waals surface area contributed by atoms with E-state index in [1.165, 1.54) is 0 Å². The van der Waals surface area contributed by atoms with Crippen molar-refractivity contribution in [3.05, 3.63) is 87.6 Å². The molecular formula is C28H29ClN2O4. The molecule has 4 aromatic rings. The van der Waals surface area contributed by atoms with Crippen molar-refractivity contribution in [3.8, 4) is 11.5 Å². The zero-order chi connectivity index (χ0) is 25.1. The summed E-state index contributed by atoms with van der Waals surface area (Å²) >= 11 is 6.22. The molecule has 0 amide bonds. The van der Waals surface area contributed by atoms with Crippen molar-refractivity contribution in [2.24, 2.45) is 0 Å². The van der Waals surface area contributed by atoms with Crippen LogP contribution in [-0.4, -0.2) is 36.2 Å². The molecule has 3 aromatic carbocycles. The first-order chi connectivity index (χ1) is 16.8. The van der Waals surface area contributed by atoms with E-state index in [4.69, 9.17) is 26.2 Å². The molecule has 0 aliphatic heterocycles. The maximum absolute atomic E-state index is 14.1. The molecule has 1 atom stereocenters. The number of fused-ring (bicyclic) bond motifs is 1. The second-order valence-electron chi connectivity index (χ2n) is 8.62. The Bertz CT molecular complexity index is 1380. The van der Waals surface area contributed by atoms with Crippen LogP contribution in [0.15, 0.2) is 54.7 Å². The Morgan fingerprint density at radius 3 is 2.54 bits per heavy atom. The first-order valence-corrected chi connectivity index (χ1v) is 11.8. The largest absolute Gasteiger partial charge is 0.497 e. The molecule has 0 saturated heterocycles. The maximum atomic E-state index is 14.1. The number of nitrogens with one attached hydrogen (secondary N) is 2. The van der Waals surface area contributed by atoms with Crippen molar-refractivity contribution in [1.82, 2.24) is 4.98 Å². The van der Waals surface area contributed by atoms with Crippen LogP contribution in [0.4, 0.5) is 5.69 Å². The highest BCUT2D eigenvalue weighted by Crippen LogP contribution is 2.34. The van der Waals surface area contributed by atoms with Gasteiger partial charge in [-0.25, -0.2) is 0 Å². The van der Waals surface area contributed by atoms with E-state index in [0.717, 1.165) is 33.2 Å². The van der Waals surface area contributed by atoms with E-state index >= 15 is 0 Å². The van der Waals surface area contributed by atoms with Gasteiger partial charge in [0.05, 0.1) is 13.7 Å². The monoisotopic (exact) mass is 492 g/mol. The minimum atomic E-state index is -0.690. The Hall–Kier alpha value is -3.48. The number of hydrogen-bond donors (Lipinski definition) is 3. The van der Waals surface area contributed by atoms with Crippen molar-refractivity contribution in [2.75, 3.05) is 25.6 Å². The lowest BCUT2D eigenvalue weighted by atomic mass is 9.93. The van der Waals surface area contributed by atoms with Crippen LogP contribution in [0.25, 0.3) is 10.9 Å². The zero-order valence-corrected chi connectivity index (χ0v) is 21.0. The fourth-order valence-electron chi connectivity index (χ4n) is 4.39. The molecule has 4 rings (SSSR count). The van der Waals surface area contributed by atoms with Crippen LogP contribution in [0.5, 0.6) is 11.5 Å². The number of halogens is 1. The number of methoxy groups -OCH3 is 1. The molecule has 1 unspecified atom stereocenters. The van der Waals surface area contributed by atoms with Gasteiger partial charge < -0.3 is 24.9 Å².